The van der Waals surface area contributed by atoms with Gasteiger partial charge in [0.05, 0.1) is 18.6 Å². The predicted molar refractivity (Wildman–Crippen MR) is 128 cm³/mol. The molecule has 1 aliphatic rings. The van der Waals surface area contributed by atoms with E-state index < -0.39 is 5.97 Å². The van der Waals surface area contributed by atoms with Crippen molar-refractivity contribution in [3.8, 4) is 5.75 Å². The lowest BCUT2D eigenvalue weighted by atomic mass is 9.87. The number of benzene rings is 2. The molecule has 0 unspecified atom stereocenters. The quantitative estimate of drug-likeness (QED) is 0.193. The highest BCUT2D eigenvalue weighted by atomic mass is 16.5. The molecule has 0 bridgehead atoms. The zero-order chi connectivity index (χ0) is 23.6. The van der Waals surface area contributed by atoms with Crippen LogP contribution in [0.5, 0.6) is 5.75 Å². The SMILES string of the molecule is C=CCOC1CCC(C(=O)Oc2ccc(C=CC(=O)OCc3ccc(N)cc3N)cc2)CC1. The molecule has 0 radical (unpaired) electrons. The van der Waals surface area contributed by atoms with E-state index in [0.717, 1.165) is 31.2 Å². The van der Waals surface area contributed by atoms with Crippen LogP contribution in [0.1, 0.15) is 36.8 Å². The maximum absolute atomic E-state index is 12.4. The molecule has 2 aromatic rings. The zero-order valence-corrected chi connectivity index (χ0v) is 18.6. The minimum Gasteiger partial charge on any atom is -0.458 e. The number of rotatable bonds is 9. The van der Waals surface area contributed by atoms with Gasteiger partial charge in [-0.25, -0.2) is 4.79 Å². The Balaban J connectivity index is 1.43. The van der Waals surface area contributed by atoms with E-state index in [0.29, 0.717) is 29.3 Å². The fourth-order valence-corrected chi connectivity index (χ4v) is 3.62. The van der Waals surface area contributed by atoms with Crippen molar-refractivity contribution in [2.75, 3.05) is 18.1 Å². The van der Waals surface area contributed by atoms with Crippen molar-refractivity contribution in [3.63, 3.8) is 0 Å². The van der Waals surface area contributed by atoms with Gasteiger partial charge in [0.1, 0.15) is 12.4 Å². The molecule has 0 spiro atoms. The number of ether oxygens (including phenoxy) is 3. The first-order valence-corrected chi connectivity index (χ1v) is 11.0. The van der Waals surface area contributed by atoms with Gasteiger partial charge in [-0.1, -0.05) is 24.3 Å². The largest absolute Gasteiger partial charge is 0.458 e. The van der Waals surface area contributed by atoms with Crippen molar-refractivity contribution in [1.29, 1.82) is 0 Å². The highest BCUT2D eigenvalue weighted by Crippen LogP contribution is 2.28. The Morgan fingerprint density at radius 1 is 1.03 bits per heavy atom. The minimum absolute atomic E-state index is 0.0620. The molecule has 7 nitrogen and oxygen atoms in total. The third kappa shape index (κ3) is 7.50. The van der Waals surface area contributed by atoms with Gasteiger partial charge >= 0.3 is 11.9 Å². The van der Waals surface area contributed by atoms with E-state index in [-0.39, 0.29) is 24.6 Å². The molecule has 1 saturated carbocycles. The topological polar surface area (TPSA) is 114 Å². The number of carbonyl (C=O) groups is 2. The van der Waals surface area contributed by atoms with Crippen LogP contribution in [-0.4, -0.2) is 24.6 Å². The van der Waals surface area contributed by atoms with Crippen molar-refractivity contribution < 1.29 is 23.8 Å². The van der Waals surface area contributed by atoms with Crippen LogP contribution in [-0.2, 0) is 25.7 Å². The van der Waals surface area contributed by atoms with Gasteiger partial charge in [0.2, 0.25) is 0 Å². The molecule has 1 fully saturated rings. The number of esters is 2. The summed E-state index contributed by atoms with van der Waals surface area (Å²) in [5.74, 6) is -0.345. The van der Waals surface area contributed by atoms with E-state index in [4.69, 9.17) is 25.7 Å². The summed E-state index contributed by atoms with van der Waals surface area (Å²) in [6.45, 7) is 4.25. The molecule has 1 aliphatic carbocycles. The van der Waals surface area contributed by atoms with Crippen LogP contribution in [0.2, 0.25) is 0 Å². The Kier molecular flexibility index (Phi) is 8.66. The standard InChI is InChI=1S/C26H30N2O5/c1-2-15-31-22-12-7-19(8-13-22)26(30)33-23-10-3-18(4-11-23)5-14-25(29)32-17-20-6-9-21(27)16-24(20)28/h2-6,9-11,14,16,19,22H,1,7-8,12-13,15,17,27-28H2. The summed E-state index contributed by atoms with van der Waals surface area (Å²) in [7, 11) is 0. The van der Waals surface area contributed by atoms with Crippen molar-refractivity contribution in [1.82, 2.24) is 0 Å². The molecule has 0 aromatic heterocycles. The summed E-state index contributed by atoms with van der Waals surface area (Å²) in [5.41, 5.74) is 14.0. The van der Waals surface area contributed by atoms with Crippen LogP contribution in [0.25, 0.3) is 6.08 Å². The van der Waals surface area contributed by atoms with Gasteiger partial charge < -0.3 is 25.7 Å². The smallest absolute Gasteiger partial charge is 0.331 e. The predicted octanol–water partition coefficient (Wildman–Crippen LogP) is 4.27. The molecule has 0 aliphatic heterocycles. The summed E-state index contributed by atoms with van der Waals surface area (Å²) in [6, 6.07) is 12.0. The van der Waals surface area contributed by atoms with Crippen molar-refractivity contribution in [2.45, 2.75) is 38.4 Å². The Hall–Kier alpha value is -3.58. The first-order chi connectivity index (χ1) is 15.9. The molecule has 0 heterocycles. The molecule has 0 saturated heterocycles. The summed E-state index contributed by atoms with van der Waals surface area (Å²) in [5, 5.41) is 0. The number of anilines is 2. The number of hydrogen-bond acceptors (Lipinski definition) is 7. The fourth-order valence-electron chi connectivity index (χ4n) is 3.62. The van der Waals surface area contributed by atoms with Crippen LogP contribution in [0.3, 0.4) is 0 Å². The van der Waals surface area contributed by atoms with Crippen LogP contribution < -0.4 is 16.2 Å². The molecule has 33 heavy (non-hydrogen) atoms. The Bertz CT molecular complexity index is 992. The number of hydrogen-bond donors (Lipinski definition) is 2. The van der Waals surface area contributed by atoms with Gasteiger partial charge in [-0.2, -0.15) is 0 Å². The van der Waals surface area contributed by atoms with Crippen molar-refractivity contribution >= 4 is 29.4 Å². The summed E-state index contributed by atoms with van der Waals surface area (Å²) >= 11 is 0. The van der Waals surface area contributed by atoms with Crippen LogP contribution in [0.4, 0.5) is 11.4 Å². The normalized spacial score (nSPS) is 18.1. The fraction of sp³-hybridized carbons (Fsp3) is 0.308. The number of nitrogen functional groups attached to an aromatic ring is 2. The van der Waals surface area contributed by atoms with E-state index in [1.54, 1.807) is 54.6 Å². The third-order valence-electron chi connectivity index (χ3n) is 5.51. The van der Waals surface area contributed by atoms with Crippen LogP contribution >= 0.6 is 0 Å². The lowest BCUT2D eigenvalue weighted by Crippen LogP contribution is -2.28. The van der Waals surface area contributed by atoms with Gasteiger partial charge in [0.15, 0.2) is 0 Å². The van der Waals surface area contributed by atoms with E-state index in [2.05, 4.69) is 6.58 Å². The van der Waals surface area contributed by atoms with Gasteiger partial charge in [0, 0.05) is 23.0 Å². The Labute approximate surface area is 194 Å². The van der Waals surface area contributed by atoms with Gasteiger partial charge in [-0.15, -0.1) is 6.58 Å². The number of carbonyl (C=O) groups excluding carboxylic acids is 2. The lowest BCUT2D eigenvalue weighted by Gasteiger charge is -2.26. The molecule has 174 valence electrons. The van der Waals surface area contributed by atoms with E-state index in [9.17, 15) is 9.59 Å². The van der Waals surface area contributed by atoms with Crippen molar-refractivity contribution in [3.05, 3.63) is 72.3 Å². The van der Waals surface area contributed by atoms with E-state index >= 15 is 0 Å². The van der Waals surface area contributed by atoms with Crippen molar-refractivity contribution in [2.24, 2.45) is 5.92 Å². The second-order valence-electron chi connectivity index (χ2n) is 7.99. The van der Waals surface area contributed by atoms with Crippen LogP contribution in [0, 0.1) is 5.92 Å². The van der Waals surface area contributed by atoms with Gasteiger partial charge in [-0.05, 0) is 61.6 Å². The second-order valence-corrected chi connectivity index (χ2v) is 7.99. The molecule has 4 N–H and O–H groups in total. The summed E-state index contributed by atoms with van der Waals surface area (Å²) < 4.78 is 16.4. The van der Waals surface area contributed by atoms with E-state index in [1.807, 2.05) is 0 Å². The monoisotopic (exact) mass is 450 g/mol. The van der Waals surface area contributed by atoms with Gasteiger partial charge in [-0.3, -0.25) is 4.79 Å². The molecule has 2 aromatic carbocycles. The maximum atomic E-state index is 12.4. The van der Waals surface area contributed by atoms with Crippen LogP contribution in [0.15, 0.2) is 61.2 Å². The summed E-state index contributed by atoms with van der Waals surface area (Å²) in [4.78, 5) is 24.4. The average Bonchev–Trinajstić information content (AvgIpc) is 2.82. The second kappa shape index (κ2) is 11.9. The highest BCUT2D eigenvalue weighted by Gasteiger charge is 2.28. The summed E-state index contributed by atoms with van der Waals surface area (Å²) in [6.07, 6.45) is 8.09. The first kappa shape index (κ1) is 24.1. The molecule has 0 atom stereocenters. The first-order valence-electron chi connectivity index (χ1n) is 11.0. The Morgan fingerprint density at radius 3 is 2.42 bits per heavy atom. The molecular formula is C26H30N2O5. The highest BCUT2D eigenvalue weighted by molar-refractivity contribution is 5.87. The average molecular weight is 451 g/mol. The molecular weight excluding hydrogens is 420 g/mol. The Morgan fingerprint density at radius 2 is 1.76 bits per heavy atom. The molecule has 3 rings (SSSR count). The molecule has 7 heteroatoms. The maximum Gasteiger partial charge on any atom is 0.331 e. The number of nitrogens with two attached hydrogens (primary N) is 2. The van der Waals surface area contributed by atoms with E-state index in [1.165, 1.54) is 6.08 Å². The lowest BCUT2D eigenvalue weighted by molar-refractivity contribution is -0.141. The molecule has 0 amide bonds. The third-order valence-corrected chi connectivity index (χ3v) is 5.51. The zero-order valence-electron chi connectivity index (χ0n) is 18.6. The minimum atomic E-state index is -0.491. The van der Waals surface area contributed by atoms with Gasteiger partial charge in [0.25, 0.3) is 0 Å².